The molecule has 0 rings (SSSR count). The summed E-state index contributed by atoms with van der Waals surface area (Å²) in [4.78, 5) is 0. The van der Waals surface area contributed by atoms with Gasteiger partial charge in [-0.25, -0.2) is 0 Å². The van der Waals surface area contributed by atoms with Crippen molar-refractivity contribution in [1.82, 2.24) is 5.43 Å². The fraction of sp³-hybridized carbons (Fsp3) is 1.00. The van der Waals surface area contributed by atoms with Crippen molar-refractivity contribution in [2.45, 2.75) is 40.5 Å². The van der Waals surface area contributed by atoms with E-state index in [0.717, 1.165) is 25.3 Å². The lowest BCUT2D eigenvalue weighted by atomic mass is 10.1. The zero-order chi connectivity index (χ0) is 10.7. The highest BCUT2D eigenvalue weighted by molar-refractivity contribution is 4.44. The third-order valence-electron chi connectivity index (χ3n) is 1.57. The fourth-order valence-corrected chi connectivity index (χ4v) is 0.630. The van der Waals surface area contributed by atoms with Gasteiger partial charge in [0, 0.05) is 13.2 Å². The summed E-state index contributed by atoms with van der Waals surface area (Å²) in [6.07, 6.45) is 2.09. The highest BCUT2D eigenvalue weighted by Crippen LogP contribution is 1.95. The SMILES string of the molecule is CC(C)CCNN.CC(C)CCO. The van der Waals surface area contributed by atoms with Crippen molar-refractivity contribution in [2.75, 3.05) is 13.2 Å². The minimum atomic E-state index is 0.331. The molecule has 0 aromatic rings. The molecule has 0 aliphatic rings. The van der Waals surface area contributed by atoms with Crippen LogP contribution in [0, 0.1) is 11.8 Å². The topological polar surface area (TPSA) is 58.3 Å². The average Bonchev–Trinajstić information content (AvgIpc) is 2.01. The summed E-state index contributed by atoms with van der Waals surface area (Å²) in [7, 11) is 0. The van der Waals surface area contributed by atoms with E-state index in [2.05, 4.69) is 33.1 Å². The van der Waals surface area contributed by atoms with Gasteiger partial charge in [0.2, 0.25) is 0 Å². The van der Waals surface area contributed by atoms with Crippen LogP contribution in [-0.2, 0) is 0 Å². The molecular weight excluding hydrogens is 164 g/mol. The minimum Gasteiger partial charge on any atom is -0.396 e. The van der Waals surface area contributed by atoms with E-state index in [0.29, 0.717) is 12.5 Å². The summed E-state index contributed by atoms with van der Waals surface area (Å²) in [5, 5.41) is 8.24. The van der Waals surface area contributed by atoms with E-state index >= 15 is 0 Å². The minimum absolute atomic E-state index is 0.331. The Kier molecular flexibility index (Phi) is 14.0. The smallest absolute Gasteiger partial charge is 0.0433 e. The Hall–Kier alpha value is -0.120. The van der Waals surface area contributed by atoms with Crippen LogP contribution in [-0.4, -0.2) is 18.3 Å². The second-order valence-electron chi connectivity index (χ2n) is 4.04. The standard InChI is InChI=1S/C5H14N2.C5H12O/c1-5(2)3-4-7-6;1-5(2)3-4-6/h5,7H,3-4,6H2,1-2H3;5-6H,3-4H2,1-2H3. The van der Waals surface area contributed by atoms with E-state index < -0.39 is 0 Å². The third kappa shape index (κ3) is 24.5. The molecule has 0 aliphatic carbocycles. The number of nitrogens with one attached hydrogen (secondary N) is 1. The van der Waals surface area contributed by atoms with Gasteiger partial charge in [-0.2, -0.15) is 0 Å². The van der Waals surface area contributed by atoms with Crippen molar-refractivity contribution < 1.29 is 5.11 Å². The van der Waals surface area contributed by atoms with Crippen LogP contribution in [0.3, 0.4) is 0 Å². The Morgan fingerprint density at radius 2 is 1.54 bits per heavy atom. The molecule has 0 unspecified atom stereocenters. The van der Waals surface area contributed by atoms with Crippen LogP contribution in [0.5, 0.6) is 0 Å². The summed E-state index contributed by atoms with van der Waals surface area (Å²) in [5.41, 5.74) is 2.60. The van der Waals surface area contributed by atoms with Gasteiger partial charge in [-0.05, 0) is 24.7 Å². The van der Waals surface area contributed by atoms with Gasteiger partial charge < -0.3 is 5.11 Å². The molecule has 82 valence electrons. The second kappa shape index (κ2) is 11.9. The van der Waals surface area contributed by atoms with Gasteiger partial charge in [0.05, 0.1) is 0 Å². The molecule has 13 heavy (non-hydrogen) atoms. The Bertz CT molecular complexity index is 85.0. The Balaban J connectivity index is 0. The quantitative estimate of drug-likeness (QED) is 0.455. The van der Waals surface area contributed by atoms with Crippen LogP contribution in [0.2, 0.25) is 0 Å². The van der Waals surface area contributed by atoms with E-state index in [9.17, 15) is 0 Å². The number of aliphatic hydroxyl groups excluding tert-OH is 1. The molecule has 3 nitrogen and oxygen atoms in total. The van der Waals surface area contributed by atoms with Gasteiger partial charge in [0.15, 0.2) is 0 Å². The fourth-order valence-electron chi connectivity index (χ4n) is 0.630. The Morgan fingerprint density at radius 3 is 1.62 bits per heavy atom. The number of rotatable bonds is 5. The molecule has 0 bridgehead atoms. The van der Waals surface area contributed by atoms with E-state index in [4.69, 9.17) is 10.9 Å². The molecule has 0 aromatic heterocycles. The van der Waals surface area contributed by atoms with Crippen LogP contribution >= 0.6 is 0 Å². The lowest BCUT2D eigenvalue weighted by molar-refractivity contribution is 0.268. The number of aliphatic hydroxyl groups is 1. The zero-order valence-corrected chi connectivity index (χ0v) is 9.51. The van der Waals surface area contributed by atoms with Gasteiger partial charge in [-0.1, -0.05) is 27.7 Å². The zero-order valence-electron chi connectivity index (χ0n) is 9.51. The average molecular weight is 190 g/mol. The number of nitrogens with two attached hydrogens (primary N) is 1. The maximum atomic E-state index is 8.24. The first kappa shape index (κ1) is 15.4. The van der Waals surface area contributed by atoms with Crippen molar-refractivity contribution in [3.63, 3.8) is 0 Å². The van der Waals surface area contributed by atoms with Gasteiger partial charge >= 0.3 is 0 Å². The molecule has 0 atom stereocenters. The van der Waals surface area contributed by atoms with Crippen molar-refractivity contribution >= 4 is 0 Å². The van der Waals surface area contributed by atoms with E-state index in [-0.39, 0.29) is 0 Å². The van der Waals surface area contributed by atoms with Gasteiger partial charge in [-0.3, -0.25) is 11.3 Å². The normalized spacial score (nSPS) is 10.2. The molecule has 0 aliphatic heterocycles. The first-order valence-electron chi connectivity index (χ1n) is 5.08. The molecule has 3 heteroatoms. The largest absolute Gasteiger partial charge is 0.396 e. The van der Waals surface area contributed by atoms with Crippen molar-refractivity contribution in [3.8, 4) is 0 Å². The van der Waals surface area contributed by atoms with Crippen molar-refractivity contribution in [3.05, 3.63) is 0 Å². The lowest BCUT2D eigenvalue weighted by Gasteiger charge is -2.00. The summed E-state index contributed by atoms with van der Waals surface area (Å²) in [6, 6.07) is 0. The molecule has 0 saturated heterocycles. The van der Waals surface area contributed by atoms with Crippen LogP contribution in [0.1, 0.15) is 40.5 Å². The monoisotopic (exact) mass is 190 g/mol. The summed E-state index contributed by atoms with van der Waals surface area (Å²) >= 11 is 0. The third-order valence-corrected chi connectivity index (χ3v) is 1.57. The molecule has 0 saturated carbocycles. The van der Waals surface area contributed by atoms with Crippen molar-refractivity contribution in [1.29, 1.82) is 0 Å². The maximum absolute atomic E-state index is 8.24. The molecule has 0 spiro atoms. The molecule has 0 aromatic carbocycles. The van der Waals surface area contributed by atoms with Crippen LogP contribution in [0.25, 0.3) is 0 Å². The molecule has 4 N–H and O–H groups in total. The van der Waals surface area contributed by atoms with E-state index in [1.807, 2.05) is 0 Å². The van der Waals surface area contributed by atoms with Gasteiger partial charge in [0.25, 0.3) is 0 Å². The molecule has 0 amide bonds. The van der Waals surface area contributed by atoms with Crippen molar-refractivity contribution in [2.24, 2.45) is 17.7 Å². The van der Waals surface area contributed by atoms with Crippen LogP contribution < -0.4 is 11.3 Å². The Labute approximate surface area is 82.7 Å². The second-order valence-corrected chi connectivity index (χ2v) is 4.04. The molecule has 0 heterocycles. The first-order chi connectivity index (χ1) is 6.04. The van der Waals surface area contributed by atoms with E-state index in [1.54, 1.807) is 0 Å². The maximum Gasteiger partial charge on any atom is 0.0433 e. The first-order valence-corrected chi connectivity index (χ1v) is 5.08. The van der Waals surface area contributed by atoms with E-state index in [1.165, 1.54) is 0 Å². The number of hydrogen-bond donors (Lipinski definition) is 3. The van der Waals surface area contributed by atoms with Crippen LogP contribution in [0.4, 0.5) is 0 Å². The molecular formula is C10H26N2O. The summed E-state index contributed by atoms with van der Waals surface area (Å²) in [5.74, 6) is 6.44. The molecule has 0 radical (unpaired) electrons. The Morgan fingerprint density at radius 1 is 1.08 bits per heavy atom. The summed E-state index contributed by atoms with van der Waals surface area (Å²) < 4.78 is 0. The van der Waals surface area contributed by atoms with Gasteiger partial charge in [-0.15, -0.1) is 0 Å². The van der Waals surface area contributed by atoms with Crippen LogP contribution in [0.15, 0.2) is 0 Å². The number of hydrazine groups is 1. The highest BCUT2D eigenvalue weighted by atomic mass is 16.2. The lowest BCUT2D eigenvalue weighted by Crippen LogP contribution is -2.23. The molecule has 0 fully saturated rings. The number of hydrogen-bond acceptors (Lipinski definition) is 3. The summed E-state index contributed by atoms with van der Waals surface area (Å²) in [6.45, 7) is 9.80. The predicted octanol–water partition coefficient (Wildman–Crippen LogP) is 1.52. The highest BCUT2D eigenvalue weighted by Gasteiger charge is 1.88. The van der Waals surface area contributed by atoms with Gasteiger partial charge in [0.1, 0.15) is 0 Å². The predicted molar refractivity (Wildman–Crippen MR) is 58.2 cm³/mol.